The molecule has 4 rings (SSSR count). The van der Waals surface area contributed by atoms with Gasteiger partial charge in [0.1, 0.15) is 11.4 Å². The maximum absolute atomic E-state index is 13.3. The molecule has 0 aliphatic heterocycles. The minimum atomic E-state index is -3.09. The Morgan fingerprint density at radius 1 is 1.12 bits per heavy atom. The van der Waals surface area contributed by atoms with Crippen LogP contribution in [0, 0.1) is 0 Å². The number of aromatic nitrogens is 5. The number of alkyl halides is 4. The third kappa shape index (κ3) is 4.46. The predicted octanol–water partition coefficient (Wildman–Crippen LogP) is 5.52. The van der Waals surface area contributed by atoms with E-state index in [2.05, 4.69) is 36.4 Å². The molecule has 1 amide bonds. The van der Waals surface area contributed by atoms with Crippen molar-refractivity contribution < 1.29 is 22.4 Å². The van der Waals surface area contributed by atoms with Crippen molar-refractivity contribution in [2.75, 3.05) is 5.32 Å². The van der Waals surface area contributed by atoms with E-state index >= 15 is 0 Å². The van der Waals surface area contributed by atoms with E-state index in [4.69, 9.17) is 11.6 Å². The Balaban J connectivity index is 1.60. The number of anilines is 1. The van der Waals surface area contributed by atoms with Crippen molar-refractivity contribution in [3.8, 4) is 0 Å². The zero-order chi connectivity index (χ0) is 23.0. The molecule has 7 nitrogen and oxygen atoms in total. The molecule has 4 aromatic rings. The van der Waals surface area contributed by atoms with Crippen molar-refractivity contribution in [1.82, 2.24) is 24.4 Å². The summed E-state index contributed by atoms with van der Waals surface area (Å²) in [5, 5.41) is 11.1. The number of carbonyl (C=O) groups excluding carboxylic acids is 1. The van der Waals surface area contributed by atoms with E-state index in [0.717, 1.165) is 11.6 Å². The fourth-order valence-electron chi connectivity index (χ4n) is 2.93. The molecule has 1 N–H and O–H groups in total. The fraction of sp³-hybridized carbons (Fsp3) is 0.158. The number of hydrogen-bond acceptors (Lipinski definition) is 4. The Bertz CT molecular complexity index is 1310. The van der Waals surface area contributed by atoms with Crippen LogP contribution in [0.3, 0.4) is 0 Å². The average Bonchev–Trinajstić information content (AvgIpc) is 3.32. The molecule has 0 atom stereocenters. The number of hydrogen-bond donors (Lipinski definition) is 1. The van der Waals surface area contributed by atoms with Crippen LogP contribution in [0.2, 0.25) is 5.02 Å². The van der Waals surface area contributed by atoms with Gasteiger partial charge in [0.05, 0.1) is 11.0 Å². The van der Waals surface area contributed by atoms with E-state index < -0.39 is 30.1 Å². The molecular weight excluding hydrogens is 520 g/mol. The Hall–Kier alpha value is -2.99. The summed E-state index contributed by atoms with van der Waals surface area (Å²) in [6.07, 6.45) is -4.53. The van der Waals surface area contributed by atoms with Crippen molar-refractivity contribution in [2.24, 2.45) is 0 Å². The minimum Gasteiger partial charge on any atom is -0.303 e. The fourth-order valence-corrected chi connectivity index (χ4v) is 3.54. The van der Waals surface area contributed by atoms with Crippen LogP contribution in [0.15, 0.2) is 47.1 Å². The predicted molar refractivity (Wildman–Crippen MR) is 111 cm³/mol. The summed E-state index contributed by atoms with van der Waals surface area (Å²) in [6, 6.07) is 8.79. The van der Waals surface area contributed by atoms with Crippen LogP contribution in [0.5, 0.6) is 0 Å². The lowest BCUT2D eigenvalue weighted by Crippen LogP contribution is -2.14. The van der Waals surface area contributed by atoms with Gasteiger partial charge < -0.3 is 5.32 Å². The lowest BCUT2D eigenvalue weighted by molar-refractivity contribution is 0.102. The van der Waals surface area contributed by atoms with Crippen molar-refractivity contribution in [3.63, 3.8) is 0 Å². The standard InChI is InChI=1S/C19H12BrClF4N6O/c20-10-8-30(7-9-3-1-2-4-11(9)21)29-18(10)27-19(32)13-6-15-26-12(16(22)23)5-14(17(24)25)31(15)28-13/h1-6,8,16-17H,7H2,(H,27,29,32). The molecule has 0 spiro atoms. The number of carbonyl (C=O) groups is 1. The zero-order valence-electron chi connectivity index (χ0n) is 15.8. The van der Waals surface area contributed by atoms with E-state index in [1.165, 1.54) is 4.68 Å². The number of fused-ring (bicyclic) bond motifs is 1. The van der Waals surface area contributed by atoms with E-state index in [0.29, 0.717) is 26.6 Å². The first-order valence-electron chi connectivity index (χ1n) is 8.97. The second-order valence-electron chi connectivity index (χ2n) is 6.58. The highest BCUT2D eigenvalue weighted by molar-refractivity contribution is 9.10. The quantitative estimate of drug-likeness (QED) is 0.333. The summed E-state index contributed by atoms with van der Waals surface area (Å²) in [4.78, 5) is 16.2. The van der Waals surface area contributed by atoms with Crippen LogP contribution in [-0.2, 0) is 6.54 Å². The topological polar surface area (TPSA) is 77.1 Å². The molecule has 32 heavy (non-hydrogen) atoms. The number of rotatable bonds is 6. The Morgan fingerprint density at radius 3 is 2.56 bits per heavy atom. The number of halogens is 6. The summed E-state index contributed by atoms with van der Waals surface area (Å²) in [5.41, 5.74) is -1.41. The SMILES string of the molecule is O=C(Nc1nn(Cc2ccccc2Cl)cc1Br)c1cc2nc(C(F)F)cc(C(F)F)n2n1. The van der Waals surface area contributed by atoms with Crippen molar-refractivity contribution in [2.45, 2.75) is 19.4 Å². The van der Waals surface area contributed by atoms with Gasteiger partial charge in [0.25, 0.3) is 18.8 Å². The van der Waals surface area contributed by atoms with Crippen LogP contribution < -0.4 is 5.32 Å². The van der Waals surface area contributed by atoms with Gasteiger partial charge in [-0.3, -0.25) is 9.48 Å². The molecule has 0 aliphatic carbocycles. The largest absolute Gasteiger partial charge is 0.303 e. The lowest BCUT2D eigenvalue weighted by atomic mass is 10.2. The molecule has 166 valence electrons. The van der Waals surface area contributed by atoms with Gasteiger partial charge in [-0.15, -0.1) is 0 Å². The molecular formula is C19H12BrClF4N6O. The summed E-state index contributed by atoms with van der Waals surface area (Å²) >= 11 is 9.44. The van der Waals surface area contributed by atoms with E-state index in [9.17, 15) is 22.4 Å². The van der Waals surface area contributed by atoms with Crippen molar-refractivity contribution in [3.05, 3.63) is 74.7 Å². The highest BCUT2D eigenvalue weighted by atomic mass is 79.9. The van der Waals surface area contributed by atoms with Gasteiger partial charge in [0, 0.05) is 17.3 Å². The third-order valence-corrected chi connectivity index (χ3v) is 5.34. The summed E-state index contributed by atoms with van der Waals surface area (Å²) in [6.45, 7) is 0.334. The molecule has 0 radical (unpaired) electrons. The first kappa shape index (κ1) is 22.2. The maximum Gasteiger partial charge on any atom is 0.280 e. The second-order valence-corrected chi connectivity index (χ2v) is 7.84. The maximum atomic E-state index is 13.3. The third-order valence-electron chi connectivity index (χ3n) is 4.39. The molecule has 0 fully saturated rings. The molecule has 3 heterocycles. The first-order valence-corrected chi connectivity index (χ1v) is 10.1. The summed E-state index contributed by atoms with van der Waals surface area (Å²) in [7, 11) is 0. The number of benzene rings is 1. The number of nitrogens with one attached hydrogen (secondary N) is 1. The minimum absolute atomic E-state index is 0.148. The van der Waals surface area contributed by atoms with Gasteiger partial charge in [-0.2, -0.15) is 10.2 Å². The molecule has 0 saturated carbocycles. The Kier molecular flexibility index (Phi) is 6.15. The second kappa shape index (κ2) is 8.87. The first-order chi connectivity index (χ1) is 15.2. The lowest BCUT2D eigenvalue weighted by Gasteiger charge is -2.06. The number of amides is 1. The molecule has 0 saturated heterocycles. The smallest absolute Gasteiger partial charge is 0.280 e. The summed E-state index contributed by atoms with van der Waals surface area (Å²) in [5.74, 6) is -0.632. The molecule has 3 aromatic heterocycles. The van der Waals surface area contributed by atoms with Gasteiger partial charge in [-0.05, 0) is 33.6 Å². The highest BCUT2D eigenvalue weighted by Gasteiger charge is 2.23. The van der Waals surface area contributed by atoms with Crippen LogP contribution in [0.25, 0.3) is 5.65 Å². The number of nitrogens with zero attached hydrogens (tertiary/aromatic N) is 5. The van der Waals surface area contributed by atoms with Gasteiger partial charge >= 0.3 is 0 Å². The zero-order valence-corrected chi connectivity index (χ0v) is 18.2. The van der Waals surface area contributed by atoms with Gasteiger partial charge in [-0.1, -0.05) is 29.8 Å². The molecule has 0 unspecified atom stereocenters. The monoisotopic (exact) mass is 530 g/mol. The molecule has 0 bridgehead atoms. The van der Waals surface area contributed by atoms with Gasteiger partial charge in [0.15, 0.2) is 17.2 Å². The highest BCUT2D eigenvalue weighted by Crippen LogP contribution is 2.26. The normalized spacial score (nSPS) is 11.6. The van der Waals surface area contributed by atoms with Crippen LogP contribution in [0.4, 0.5) is 23.4 Å². The van der Waals surface area contributed by atoms with Gasteiger partial charge in [0.2, 0.25) is 0 Å². The average molecular weight is 532 g/mol. The van der Waals surface area contributed by atoms with Crippen molar-refractivity contribution in [1.29, 1.82) is 0 Å². The molecule has 1 aromatic carbocycles. The van der Waals surface area contributed by atoms with E-state index in [1.807, 2.05) is 12.1 Å². The van der Waals surface area contributed by atoms with Crippen LogP contribution >= 0.6 is 27.5 Å². The van der Waals surface area contributed by atoms with Crippen LogP contribution in [-0.4, -0.2) is 30.3 Å². The molecule has 13 heteroatoms. The van der Waals surface area contributed by atoms with E-state index in [1.54, 1.807) is 18.3 Å². The summed E-state index contributed by atoms with van der Waals surface area (Å²) < 4.78 is 55.2. The molecule has 0 aliphatic rings. The Morgan fingerprint density at radius 2 is 1.88 bits per heavy atom. The Labute approximate surface area is 191 Å². The van der Waals surface area contributed by atoms with Crippen LogP contribution in [0.1, 0.15) is 40.3 Å². The van der Waals surface area contributed by atoms with Gasteiger partial charge in [-0.25, -0.2) is 27.1 Å². The van der Waals surface area contributed by atoms with Crippen molar-refractivity contribution >= 4 is 44.9 Å². The van der Waals surface area contributed by atoms with E-state index in [-0.39, 0.29) is 17.2 Å².